The Morgan fingerprint density at radius 1 is 1.42 bits per heavy atom. The summed E-state index contributed by atoms with van der Waals surface area (Å²) in [5, 5.41) is 16.1. The first-order chi connectivity index (χ1) is 8.78. The van der Waals surface area contributed by atoms with Crippen molar-refractivity contribution in [2.24, 2.45) is 0 Å². The molecule has 4 nitrogen and oxygen atoms in total. The standard InChI is InChI=1S/C14H21ClN2O2/c1-14(2,3)17-13(19)16-8-7-12(18)10-5-4-6-11(15)9-10/h4-6,9,12,18H,7-8H2,1-3H3,(H2,16,17,19). The Kier molecular flexibility index (Phi) is 5.63. The van der Waals surface area contributed by atoms with E-state index in [1.165, 1.54) is 0 Å². The van der Waals surface area contributed by atoms with Gasteiger partial charge in [-0.15, -0.1) is 0 Å². The lowest BCUT2D eigenvalue weighted by Gasteiger charge is -2.21. The van der Waals surface area contributed by atoms with Crippen molar-refractivity contribution in [2.75, 3.05) is 6.54 Å². The molecule has 19 heavy (non-hydrogen) atoms. The van der Waals surface area contributed by atoms with Crippen LogP contribution >= 0.6 is 11.6 Å². The second kappa shape index (κ2) is 6.78. The number of nitrogens with one attached hydrogen (secondary N) is 2. The summed E-state index contributed by atoms with van der Waals surface area (Å²) in [6, 6.07) is 6.85. The lowest BCUT2D eigenvalue weighted by atomic mass is 10.1. The predicted molar refractivity (Wildman–Crippen MR) is 77.3 cm³/mol. The van der Waals surface area contributed by atoms with Crippen molar-refractivity contribution in [3.8, 4) is 0 Å². The Labute approximate surface area is 119 Å². The molecule has 0 aliphatic heterocycles. The van der Waals surface area contributed by atoms with Gasteiger partial charge < -0.3 is 15.7 Å². The quantitative estimate of drug-likeness (QED) is 0.796. The largest absolute Gasteiger partial charge is 0.388 e. The first-order valence-corrected chi connectivity index (χ1v) is 6.65. The highest BCUT2D eigenvalue weighted by atomic mass is 35.5. The van der Waals surface area contributed by atoms with Gasteiger partial charge in [0.05, 0.1) is 6.10 Å². The number of hydrogen-bond donors (Lipinski definition) is 3. The number of hydrogen-bond acceptors (Lipinski definition) is 2. The van der Waals surface area contributed by atoms with Crippen molar-refractivity contribution >= 4 is 17.6 Å². The molecule has 0 aliphatic rings. The SMILES string of the molecule is CC(C)(C)NC(=O)NCCC(O)c1cccc(Cl)c1. The van der Waals surface area contributed by atoms with E-state index in [9.17, 15) is 9.90 Å². The molecule has 2 amide bonds. The number of rotatable bonds is 4. The maximum Gasteiger partial charge on any atom is 0.315 e. The Hall–Kier alpha value is -1.26. The highest BCUT2D eigenvalue weighted by Crippen LogP contribution is 2.19. The molecule has 1 unspecified atom stereocenters. The minimum atomic E-state index is -0.631. The lowest BCUT2D eigenvalue weighted by molar-refractivity contribution is 0.166. The number of aliphatic hydroxyl groups is 1. The number of urea groups is 1. The number of halogens is 1. The van der Waals surface area contributed by atoms with Crippen LogP contribution < -0.4 is 10.6 Å². The van der Waals surface area contributed by atoms with Crippen molar-refractivity contribution in [3.63, 3.8) is 0 Å². The summed E-state index contributed by atoms with van der Waals surface area (Å²) in [4.78, 5) is 11.5. The molecule has 0 aromatic heterocycles. The van der Waals surface area contributed by atoms with Crippen LogP contribution in [0.15, 0.2) is 24.3 Å². The van der Waals surface area contributed by atoms with Crippen LogP contribution in [0, 0.1) is 0 Å². The monoisotopic (exact) mass is 284 g/mol. The third-order valence-electron chi connectivity index (χ3n) is 2.43. The molecule has 106 valence electrons. The van der Waals surface area contributed by atoms with Crippen LogP contribution in [0.2, 0.25) is 5.02 Å². The summed E-state index contributed by atoms with van der Waals surface area (Å²) in [6.45, 7) is 6.13. The van der Waals surface area contributed by atoms with Gasteiger partial charge >= 0.3 is 6.03 Å². The molecule has 5 heteroatoms. The number of benzene rings is 1. The third-order valence-corrected chi connectivity index (χ3v) is 2.66. The lowest BCUT2D eigenvalue weighted by Crippen LogP contribution is -2.46. The van der Waals surface area contributed by atoms with Gasteiger partial charge in [-0.25, -0.2) is 4.79 Å². The van der Waals surface area contributed by atoms with E-state index in [1.807, 2.05) is 26.8 Å². The van der Waals surface area contributed by atoms with Gasteiger partial charge in [0.1, 0.15) is 0 Å². The van der Waals surface area contributed by atoms with E-state index < -0.39 is 6.10 Å². The summed E-state index contributed by atoms with van der Waals surface area (Å²) >= 11 is 5.86. The first kappa shape index (κ1) is 15.8. The average molecular weight is 285 g/mol. The highest BCUT2D eigenvalue weighted by molar-refractivity contribution is 6.30. The first-order valence-electron chi connectivity index (χ1n) is 6.27. The maximum atomic E-state index is 11.5. The fourth-order valence-corrected chi connectivity index (χ4v) is 1.79. The maximum absolute atomic E-state index is 11.5. The molecule has 1 atom stereocenters. The average Bonchev–Trinajstić information content (AvgIpc) is 2.26. The van der Waals surface area contributed by atoms with E-state index >= 15 is 0 Å². The number of amides is 2. The van der Waals surface area contributed by atoms with E-state index in [1.54, 1.807) is 18.2 Å². The zero-order chi connectivity index (χ0) is 14.5. The molecule has 0 saturated heterocycles. The second-order valence-corrected chi connectivity index (χ2v) is 5.93. The van der Waals surface area contributed by atoms with Crippen molar-refractivity contribution in [3.05, 3.63) is 34.9 Å². The zero-order valence-corrected chi connectivity index (χ0v) is 12.3. The zero-order valence-electron chi connectivity index (χ0n) is 11.5. The predicted octanol–water partition coefficient (Wildman–Crippen LogP) is 2.86. The molecule has 1 aromatic carbocycles. The van der Waals surface area contributed by atoms with Gasteiger partial charge in [-0.05, 0) is 44.9 Å². The normalized spacial score (nSPS) is 12.9. The topological polar surface area (TPSA) is 61.4 Å². The van der Waals surface area contributed by atoms with Gasteiger partial charge in [-0.1, -0.05) is 23.7 Å². The minimum Gasteiger partial charge on any atom is -0.388 e. The Morgan fingerprint density at radius 3 is 2.68 bits per heavy atom. The van der Waals surface area contributed by atoms with Crippen LogP contribution in [0.5, 0.6) is 0 Å². The van der Waals surface area contributed by atoms with Crippen molar-refractivity contribution in [2.45, 2.75) is 38.8 Å². The van der Waals surface area contributed by atoms with E-state index in [4.69, 9.17) is 11.6 Å². The molecule has 0 spiro atoms. The van der Waals surface area contributed by atoms with Crippen LogP contribution in [-0.4, -0.2) is 23.2 Å². The van der Waals surface area contributed by atoms with Gasteiger partial charge in [-0.2, -0.15) is 0 Å². The summed E-state index contributed by atoms with van der Waals surface area (Å²) in [7, 11) is 0. The second-order valence-electron chi connectivity index (χ2n) is 5.49. The summed E-state index contributed by atoms with van der Waals surface area (Å²) in [5.74, 6) is 0. The summed E-state index contributed by atoms with van der Waals surface area (Å²) in [5.41, 5.74) is 0.487. The van der Waals surface area contributed by atoms with Crippen molar-refractivity contribution < 1.29 is 9.90 Å². The van der Waals surface area contributed by atoms with Crippen LogP contribution in [0.4, 0.5) is 4.79 Å². The van der Waals surface area contributed by atoms with E-state index in [0.717, 1.165) is 5.56 Å². The van der Waals surface area contributed by atoms with Gasteiger partial charge in [-0.3, -0.25) is 0 Å². The summed E-state index contributed by atoms with van der Waals surface area (Å²) < 4.78 is 0. The highest BCUT2D eigenvalue weighted by Gasteiger charge is 2.13. The molecule has 1 rings (SSSR count). The summed E-state index contributed by atoms with van der Waals surface area (Å²) in [6.07, 6.45) is -0.189. The minimum absolute atomic E-state index is 0.231. The van der Waals surface area contributed by atoms with Crippen LogP contribution in [0.25, 0.3) is 0 Å². The van der Waals surface area contributed by atoms with Crippen LogP contribution in [-0.2, 0) is 0 Å². The molecule has 0 aliphatic carbocycles. The Balaban J connectivity index is 2.35. The van der Waals surface area contributed by atoms with Crippen molar-refractivity contribution in [1.29, 1.82) is 0 Å². The number of carbonyl (C=O) groups excluding carboxylic acids is 1. The number of aliphatic hydroxyl groups excluding tert-OH is 1. The molecule has 3 N–H and O–H groups in total. The van der Waals surface area contributed by atoms with Crippen molar-refractivity contribution in [1.82, 2.24) is 10.6 Å². The van der Waals surface area contributed by atoms with Gasteiger partial charge in [0.2, 0.25) is 0 Å². The fraction of sp³-hybridized carbons (Fsp3) is 0.500. The van der Waals surface area contributed by atoms with Gasteiger partial charge in [0, 0.05) is 17.1 Å². The van der Waals surface area contributed by atoms with E-state index in [2.05, 4.69) is 10.6 Å². The third kappa shape index (κ3) is 6.45. The van der Waals surface area contributed by atoms with Gasteiger partial charge in [0.15, 0.2) is 0 Å². The molecule has 0 radical (unpaired) electrons. The van der Waals surface area contributed by atoms with E-state index in [-0.39, 0.29) is 11.6 Å². The molecule has 0 saturated carbocycles. The van der Waals surface area contributed by atoms with E-state index in [0.29, 0.717) is 18.0 Å². The molecular weight excluding hydrogens is 264 g/mol. The van der Waals surface area contributed by atoms with Gasteiger partial charge in [0.25, 0.3) is 0 Å². The Bertz CT molecular complexity index is 430. The molecule has 0 fully saturated rings. The molecule has 1 aromatic rings. The van der Waals surface area contributed by atoms with Crippen LogP contribution in [0.3, 0.4) is 0 Å². The van der Waals surface area contributed by atoms with Crippen LogP contribution in [0.1, 0.15) is 38.9 Å². The molecule has 0 heterocycles. The fourth-order valence-electron chi connectivity index (χ4n) is 1.59. The molecule has 0 bridgehead atoms. The number of carbonyl (C=O) groups is 1. The Morgan fingerprint density at radius 2 is 2.11 bits per heavy atom. The smallest absolute Gasteiger partial charge is 0.315 e. The molecular formula is C14H21ClN2O2.